The molecule has 4 nitrogen and oxygen atoms in total. The maximum atomic E-state index is 12.6. The Morgan fingerprint density at radius 3 is 2.62 bits per heavy atom. The number of ether oxygens (including phenoxy) is 1. The van der Waals surface area contributed by atoms with Crippen LogP contribution in [0, 0.1) is 6.92 Å². The van der Waals surface area contributed by atoms with Crippen molar-refractivity contribution in [2.75, 3.05) is 20.3 Å². The van der Waals surface area contributed by atoms with E-state index < -0.39 is 0 Å². The van der Waals surface area contributed by atoms with Crippen LogP contribution >= 0.6 is 0 Å². The van der Waals surface area contributed by atoms with Gasteiger partial charge in [0.25, 0.3) is 0 Å². The lowest BCUT2D eigenvalue weighted by atomic mass is 10.1. The SMILES string of the molecule is COCCCCN1C(=O)C2(CC2)NC1c1ccc(C)cc1. The first kappa shape index (κ1) is 14.5. The van der Waals surface area contributed by atoms with Gasteiger partial charge in [-0.05, 0) is 38.2 Å². The van der Waals surface area contributed by atoms with E-state index in [0.29, 0.717) is 0 Å². The van der Waals surface area contributed by atoms with Gasteiger partial charge in [0.15, 0.2) is 0 Å². The quantitative estimate of drug-likeness (QED) is 0.817. The Bertz CT molecular complexity index is 508. The standard InChI is InChI=1S/C17H24N2O2/c1-13-5-7-14(8-6-13)15-18-17(9-10-17)16(20)19(15)11-3-4-12-21-2/h5-8,15,18H,3-4,9-12H2,1-2H3. The third-order valence-corrected chi connectivity index (χ3v) is 4.54. The van der Waals surface area contributed by atoms with Crippen LogP contribution in [0.5, 0.6) is 0 Å². The Morgan fingerprint density at radius 2 is 2.00 bits per heavy atom. The monoisotopic (exact) mass is 288 g/mol. The van der Waals surface area contributed by atoms with Crippen LogP contribution in [0.25, 0.3) is 0 Å². The minimum atomic E-state index is -0.253. The predicted octanol–water partition coefficient (Wildman–Crippen LogP) is 2.38. The molecule has 1 atom stereocenters. The van der Waals surface area contributed by atoms with Crippen molar-refractivity contribution in [3.05, 3.63) is 35.4 Å². The van der Waals surface area contributed by atoms with Crippen LogP contribution in [-0.4, -0.2) is 36.6 Å². The summed E-state index contributed by atoms with van der Waals surface area (Å²) >= 11 is 0. The first-order valence-corrected chi connectivity index (χ1v) is 7.80. The lowest BCUT2D eigenvalue weighted by Gasteiger charge is -2.24. The fourth-order valence-corrected chi connectivity index (χ4v) is 3.05. The van der Waals surface area contributed by atoms with Gasteiger partial charge in [-0.1, -0.05) is 29.8 Å². The van der Waals surface area contributed by atoms with Crippen molar-refractivity contribution in [1.29, 1.82) is 0 Å². The molecule has 4 heteroatoms. The van der Waals surface area contributed by atoms with Gasteiger partial charge >= 0.3 is 0 Å². The topological polar surface area (TPSA) is 41.6 Å². The van der Waals surface area contributed by atoms with E-state index in [9.17, 15) is 4.79 Å². The molecule has 1 spiro atoms. The number of aryl methyl sites for hydroxylation is 1. The largest absolute Gasteiger partial charge is 0.385 e. The maximum Gasteiger partial charge on any atom is 0.244 e. The fourth-order valence-electron chi connectivity index (χ4n) is 3.05. The molecule has 1 aromatic rings. The van der Waals surface area contributed by atoms with Crippen LogP contribution in [0.1, 0.15) is 43.0 Å². The fraction of sp³-hybridized carbons (Fsp3) is 0.588. The number of nitrogens with one attached hydrogen (secondary N) is 1. The highest BCUT2D eigenvalue weighted by Crippen LogP contribution is 2.45. The minimum absolute atomic E-state index is 0.0307. The number of unbranched alkanes of at least 4 members (excludes halogenated alkanes) is 1. The highest BCUT2D eigenvalue weighted by Gasteiger charge is 2.59. The van der Waals surface area contributed by atoms with E-state index in [4.69, 9.17) is 4.74 Å². The van der Waals surface area contributed by atoms with Gasteiger partial charge in [0, 0.05) is 20.3 Å². The number of benzene rings is 1. The van der Waals surface area contributed by atoms with E-state index >= 15 is 0 Å². The Labute approximate surface area is 126 Å². The van der Waals surface area contributed by atoms with Crippen molar-refractivity contribution in [2.45, 2.75) is 44.3 Å². The second kappa shape index (κ2) is 5.78. The van der Waals surface area contributed by atoms with Crippen molar-refractivity contribution >= 4 is 5.91 Å². The highest BCUT2D eigenvalue weighted by molar-refractivity contribution is 5.92. The summed E-state index contributed by atoms with van der Waals surface area (Å²) in [6.45, 7) is 3.65. The van der Waals surface area contributed by atoms with Crippen LogP contribution < -0.4 is 5.32 Å². The van der Waals surface area contributed by atoms with Gasteiger partial charge in [-0.25, -0.2) is 0 Å². The van der Waals surface area contributed by atoms with Gasteiger partial charge in [0.1, 0.15) is 11.7 Å². The van der Waals surface area contributed by atoms with Crippen molar-refractivity contribution in [3.63, 3.8) is 0 Å². The zero-order valence-electron chi connectivity index (χ0n) is 12.9. The van der Waals surface area contributed by atoms with Crippen molar-refractivity contribution in [1.82, 2.24) is 10.2 Å². The number of nitrogens with zero attached hydrogens (tertiary/aromatic N) is 1. The van der Waals surface area contributed by atoms with E-state index in [0.717, 1.165) is 38.8 Å². The summed E-state index contributed by atoms with van der Waals surface area (Å²) in [5, 5.41) is 3.56. The Balaban J connectivity index is 1.73. The zero-order chi connectivity index (χ0) is 14.9. The van der Waals surface area contributed by atoms with Crippen LogP contribution in [0.2, 0.25) is 0 Å². The van der Waals surface area contributed by atoms with Crippen LogP contribution in [0.4, 0.5) is 0 Å². The molecule has 2 fully saturated rings. The molecule has 114 valence electrons. The second-order valence-electron chi connectivity index (χ2n) is 6.24. The van der Waals surface area contributed by atoms with Crippen molar-refractivity contribution < 1.29 is 9.53 Å². The summed E-state index contributed by atoms with van der Waals surface area (Å²) in [5.41, 5.74) is 2.18. The predicted molar refractivity (Wildman–Crippen MR) is 81.8 cm³/mol. The lowest BCUT2D eigenvalue weighted by molar-refractivity contribution is -0.131. The average molecular weight is 288 g/mol. The highest BCUT2D eigenvalue weighted by atomic mass is 16.5. The summed E-state index contributed by atoms with van der Waals surface area (Å²) < 4.78 is 5.09. The number of rotatable bonds is 6. The second-order valence-corrected chi connectivity index (χ2v) is 6.24. The molecule has 1 aliphatic carbocycles. The molecule has 21 heavy (non-hydrogen) atoms. The van der Waals surface area contributed by atoms with E-state index in [1.807, 2.05) is 4.90 Å². The summed E-state index contributed by atoms with van der Waals surface area (Å²) in [4.78, 5) is 14.7. The molecule has 1 saturated heterocycles. The van der Waals surface area contributed by atoms with E-state index in [1.54, 1.807) is 7.11 Å². The number of hydrogen-bond acceptors (Lipinski definition) is 3. The van der Waals surface area contributed by atoms with Crippen molar-refractivity contribution in [3.8, 4) is 0 Å². The Hall–Kier alpha value is -1.39. The van der Waals surface area contributed by atoms with Gasteiger partial charge in [0.2, 0.25) is 5.91 Å². The van der Waals surface area contributed by atoms with Crippen LogP contribution in [-0.2, 0) is 9.53 Å². The van der Waals surface area contributed by atoms with Crippen LogP contribution in [0.15, 0.2) is 24.3 Å². The van der Waals surface area contributed by atoms with Gasteiger partial charge in [-0.15, -0.1) is 0 Å². The molecule has 1 saturated carbocycles. The third-order valence-electron chi connectivity index (χ3n) is 4.54. The molecule has 2 aliphatic rings. The van der Waals surface area contributed by atoms with Gasteiger partial charge in [0.05, 0.1) is 0 Å². The Kier molecular flexibility index (Phi) is 4.00. The molecule has 1 amide bonds. The molecule has 3 rings (SSSR count). The normalized spacial score (nSPS) is 23.0. The first-order chi connectivity index (χ1) is 10.2. The van der Waals surface area contributed by atoms with Gasteiger partial charge in [-0.3, -0.25) is 10.1 Å². The van der Waals surface area contributed by atoms with E-state index in [1.165, 1.54) is 11.1 Å². The van der Waals surface area contributed by atoms with E-state index in [2.05, 4.69) is 36.5 Å². The summed E-state index contributed by atoms with van der Waals surface area (Å²) in [5.74, 6) is 0.283. The average Bonchev–Trinajstić information content (AvgIpc) is 3.21. The smallest absolute Gasteiger partial charge is 0.244 e. The number of carbonyl (C=O) groups is 1. The molecule has 1 heterocycles. The summed E-state index contributed by atoms with van der Waals surface area (Å²) in [6.07, 6.45) is 3.96. The van der Waals surface area contributed by atoms with Crippen LogP contribution in [0.3, 0.4) is 0 Å². The molecule has 0 bridgehead atoms. The molecule has 1 aliphatic heterocycles. The first-order valence-electron chi connectivity index (χ1n) is 7.80. The lowest BCUT2D eigenvalue weighted by Crippen LogP contribution is -2.33. The number of amides is 1. The maximum absolute atomic E-state index is 12.6. The zero-order valence-corrected chi connectivity index (χ0v) is 12.9. The molecule has 0 radical (unpaired) electrons. The summed E-state index contributed by atoms with van der Waals surface area (Å²) in [6, 6.07) is 8.48. The third kappa shape index (κ3) is 2.83. The van der Waals surface area contributed by atoms with Crippen molar-refractivity contribution in [2.24, 2.45) is 0 Å². The number of methoxy groups -OCH3 is 1. The molecule has 1 N–H and O–H groups in total. The van der Waals surface area contributed by atoms with Gasteiger partial charge in [-0.2, -0.15) is 0 Å². The molecular weight excluding hydrogens is 264 g/mol. The molecular formula is C17H24N2O2. The van der Waals surface area contributed by atoms with Gasteiger partial charge < -0.3 is 9.64 Å². The van der Waals surface area contributed by atoms with E-state index in [-0.39, 0.29) is 17.6 Å². The number of carbonyl (C=O) groups excluding carboxylic acids is 1. The molecule has 0 aromatic heterocycles. The molecule has 1 unspecified atom stereocenters. The number of hydrogen-bond donors (Lipinski definition) is 1. The molecule has 1 aromatic carbocycles. The Morgan fingerprint density at radius 1 is 1.29 bits per heavy atom. The summed E-state index contributed by atoms with van der Waals surface area (Å²) in [7, 11) is 1.72. The minimum Gasteiger partial charge on any atom is -0.385 e.